The summed E-state index contributed by atoms with van der Waals surface area (Å²) >= 11 is 1.13. The summed E-state index contributed by atoms with van der Waals surface area (Å²) in [7, 11) is 0. The zero-order valence-corrected chi connectivity index (χ0v) is 12.3. The second kappa shape index (κ2) is 6.49. The van der Waals surface area contributed by atoms with Crippen LogP contribution in [-0.4, -0.2) is 33.6 Å². The van der Waals surface area contributed by atoms with Crippen LogP contribution in [-0.2, 0) is 9.53 Å². The molecule has 1 aliphatic rings. The highest BCUT2D eigenvalue weighted by Gasteiger charge is 2.31. The number of nitro groups is 1. The molecule has 1 aromatic carbocycles. The number of nitrogens with zero attached hydrogens (tertiary/aromatic N) is 3. The van der Waals surface area contributed by atoms with E-state index in [1.165, 1.54) is 12.1 Å². The second-order valence-corrected chi connectivity index (χ2v) is 5.22. The van der Waals surface area contributed by atoms with E-state index >= 15 is 0 Å². The van der Waals surface area contributed by atoms with E-state index in [9.17, 15) is 14.9 Å². The fourth-order valence-corrected chi connectivity index (χ4v) is 2.68. The van der Waals surface area contributed by atoms with Crippen LogP contribution in [0.1, 0.15) is 13.8 Å². The first-order valence-corrected chi connectivity index (χ1v) is 7.11. The first kappa shape index (κ1) is 15.2. The summed E-state index contributed by atoms with van der Waals surface area (Å²) in [6, 6.07) is 6.14. The van der Waals surface area contributed by atoms with E-state index in [2.05, 4.69) is 9.98 Å². The number of carbonyl (C=O) groups is 1. The number of rotatable bonds is 4. The number of nitro benzene ring substituents is 1. The SMILES string of the molecule is CCOC(=O)C1SC(=Nc2ccccc2[N+](=O)[O-])N=C1C. The van der Waals surface area contributed by atoms with E-state index in [-0.39, 0.29) is 17.3 Å². The summed E-state index contributed by atoms with van der Waals surface area (Å²) in [5.41, 5.74) is 0.694. The lowest BCUT2D eigenvalue weighted by Crippen LogP contribution is -2.24. The van der Waals surface area contributed by atoms with E-state index in [0.29, 0.717) is 17.5 Å². The molecule has 110 valence electrons. The number of ether oxygens (including phenoxy) is 1. The average molecular weight is 307 g/mol. The van der Waals surface area contributed by atoms with Crippen LogP contribution in [0.3, 0.4) is 0 Å². The molecular weight excluding hydrogens is 294 g/mol. The molecule has 0 amide bonds. The quantitative estimate of drug-likeness (QED) is 0.484. The van der Waals surface area contributed by atoms with Gasteiger partial charge in [0.25, 0.3) is 5.69 Å². The summed E-state index contributed by atoms with van der Waals surface area (Å²) in [6.07, 6.45) is 0. The lowest BCUT2D eigenvalue weighted by molar-refractivity contribution is -0.384. The van der Waals surface area contributed by atoms with Gasteiger partial charge in [-0.1, -0.05) is 23.9 Å². The molecule has 0 N–H and O–H groups in total. The predicted molar refractivity (Wildman–Crippen MR) is 81.3 cm³/mol. The molecule has 0 aliphatic carbocycles. The molecule has 0 fully saturated rings. The van der Waals surface area contributed by atoms with Crippen LogP contribution in [0.25, 0.3) is 0 Å². The van der Waals surface area contributed by atoms with Crippen LogP contribution in [0.15, 0.2) is 34.3 Å². The number of amidine groups is 1. The maximum atomic E-state index is 11.7. The summed E-state index contributed by atoms with van der Waals surface area (Å²) in [6.45, 7) is 3.72. The van der Waals surface area contributed by atoms with Crippen molar-refractivity contribution < 1.29 is 14.5 Å². The minimum absolute atomic E-state index is 0.0990. The van der Waals surface area contributed by atoms with E-state index in [4.69, 9.17) is 4.74 Å². The molecule has 0 radical (unpaired) electrons. The molecule has 7 nitrogen and oxygen atoms in total. The van der Waals surface area contributed by atoms with Crippen LogP contribution >= 0.6 is 11.8 Å². The lowest BCUT2D eigenvalue weighted by Gasteiger charge is -2.06. The zero-order chi connectivity index (χ0) is 15.4. The minimum atomic E-state index is -0.536. The Morgan fingerprint density at radius 1 is 1.52 bits per heavy atom. The van der Waals surface area contributed by atoms with Crippen molar-refractivity contribution in [3.8, 4) is 0 Å². The van der Waals surface area contributed by atoms with Crippen LogP contribution in [0, 0.1) is 10.1 Å². The Labute approximate surface area is 125 Å². The number of thioether (sulfide) groups is 1. The van der Waals surface area contributed by atoms with Gasteiger partial charge in [0.1, 0.15) is 10.9 Å². The number of para-hydroxylation sites is 2. The Balaban J connectivity index is 2.25. The van der Waals surface area contributed by atoms with Gasteiger partial charge in [0, 0.05) is 11.8 Å². The molecule has 0 saturated heterocycles. The molecule has 0 bridgehead atoms. The molecule has 1 atom stereocenters. The molecule has 1 unspecified atom stereocenters. The number of hydrogen-bond donors (Lipinski definition) is 0. The number of esters is 1. The molecule has 0 aromatic heterocycles. The first-order chi connectivity index (χ1) is 10.0. The smallest absolute Gasteiger partial charge is 0.325 e. The van der Waals surface area contributed by atoms with Crippen molar-refractivity contribution >= 4 is 40.0 Å². The van der Waals surface area contributed by atoms with Crippen LogP contribution in [0.2, 0.25) is 0 Å². The van der Waals surface area contributed by atoms with Crippen LogP contribution in [0.5, 0.6) is 0 Å². The van der Waals surface area contributed by atoms with Crippen LogP contribution < -0.4 is 0 Å². The molecule has 1 aromatic rings. The van der Waals surface area contributed by atoms with Gasteiger partial charge in [-0.15, -0.1) is 0 Å². The van der Waals surface area contributed by atoms with Crippen molar-refractivity contribution in [1.82, 2.24) is 0 Å². The Bertz CT molecular complexity index is 642. The highest BCUT2D eigenvalue weighted by atomic mass is 32.2. The van der Waals surface area contributed by atoms with E-state index in [0.717, 1.165) is 11.8 Å². The highest BCUT2D eigenvalue weighted by molar-refractivity contribution is 8.16. The van der Waals surface area contributed by atoms with E-state index in [1.807, 2.05) is 0 Å². The van der Waals surface area contributed by atoms with Gasteiger partial charge in [0.15, 0.2) is 5.17 Å². The van der Waals surface area contributed by atoms with Crippen molar-refractivity contribution in [2.45, 2.75) is 19.1 Å². The van der Waals surface area contributed by atoms with Gasteiger partial charge in [0.2, 0.25) is 0 Å². The van der Waals surface area contributed by atoms with Gasteiger partial charge in [-0.2, -0.15) is 0 Å². The highest BCUT2D eigenvalue weighted by Crippen LogP contribution is 2.31. The third-order valence-electron chi connectivity index (χ3n) is 2.67. The van der Waals surface area contributed by atoms with Crippen LogP contribution in [0.4, 0.5) is 11.4 Å². The van der Waals surface area contributed by atoms with Gasteiger partial charge < -0.3 is 4.74 Å². The number of carbonyl (C=O) groups excluding carboxylic acids is 1. The normalized spacial score (nSPS) is 19.4. The van der Waals surface area contributed by atoms with Gasteiger partial charge >= 0.3 is 5.97 Å². The number of hydrogen-bond acceptors (Lipinski definition) is 6. The summed E-state index contributed by atoms with van der Waals surface area (Å²) in [4.78, 5) is 30.5. The largest absolute Gasteiger partial charge is 0.465 e. The Morgan fingerprint density at radius 3 is 2.90 bits per heavy atom. The van der Waals surface area contributed by atoms with Gasteiger partial charge in [-0.05, 0) is 19.9 Å². The number of benzene rings is 1. The monoisotopic (exact) mass is 307 g/mol. The van der Waals surface area contributed by atoms with Gasteiger partial charge in [-0.25, -0.2) is 9.98 Å². The Kier molecular flexibility index (Phi) is 4.69. The van der Waals surface area contributed by atoms with Crippen molar-refractivity contribution in [3.05, 3.63) is 34.4 Å². The van der Waals surface area contributed by atoms with Gasteiger partial charge in [-0.3, -0.25) is 14.9 Å². The van der Waals surface area contributed by atoms with Crippen molar-refractivity contribution in [2.24, 2.45) is 9.98 Å². The van der Waals surface area contributed by atoms with Crippen molar-refractivity contribution in [3.63, 3.8) is 0 Å². The standard InChI is InChI=1S/C13H13N3O4S/c1-3-20-12(17)11-8(2)14-13(21-11)15-9-6-4-5-7-10(9)16(18)19/h4-7,11H,3H2,1-2H3. The maximum Gasteiger partial charge on any atom is 0.325 e. The fraction of sp³-hybridized carbons (Fsp3) is 0.308. The molecule has 1 heterocycles. The molecule has 1 aliphatic heterocycles. The first-order valence-electron chi connectivity index (χ1n) is 6.23. The Hall–Kier alpha value is -2.22. The average Bonchev–Trinajstić information content (AvgIpc) is 2.80. The zero-order valence-electron chi connectivity index (χ0n) is 11.5. The lowest BCUT2D eigenvalue weighted by atomic mass is 10.3. The summed E-state index contributed by atoms with van der Waals surface area (Å²) in [5, 5.41) is 10.7. The topological polar surface area (TPSA) is 94.2 Å². The second-order valence-electron chi connectivity index (χ2n) is 4.14. The molecule has 8 heteroatoms. The van der Waals surface area contributed by atoms with Gasteiger partial charge in [0.05, 0.1) is 11.5 Å². The maximum absolute atomic E-state index is 11.7. The third-order valence-corrected chi connectivity index (χ3v) is 3.83. The fourth-order valence-electron chi connectivity index (χ4n) is 1.73. The van der Waals surface area contributed by atoms with E-state index < -0.39 is 10.2 Å². The van der Waals surface area contributed by atoms with Crippen molar-refractivity contribution in [1.29, 1.82) is 0 Å². The van der Waals surface area contributed by atoms with Crippen molar-refractivity contribution in [2.75, 3.05) is 6.61 Å². The molecule has 2 rings (SSSR count). The Morgan fingerprint density at radius 2 is 2.24 bits per heavy atom. The summed E-state index contributed by atoms with van der Waals surface area (Å²) in [5.74, 6) is -0.378. The minimum Gasteiger partial charge on any atom is -0.465 e. The third kappa shape index (κ3) is 3.46. The number of aliphatic imine (C=N–C) groups is 2. The molecule has 0 saturated carbocycles. The molecule has 21 heavy (non-hydrogen) atoms. The predicted octanol–water partition coefficient (Wildman–Crippen LogP) is 2.72. The van der Waals surface area contributed by atoms with E-state index in [1.54, 1.807) is 26.0 Å². The molecule has 0 spiro atoms. The summed E-state index contributed by atoms with van der Waals surface area (Å²) < 4.78 is 4.95. The molecular formula is C13H13N3O4S.